The van der Waals surface area contributed by atoms with Crippen LogP contribution in [0.25, 0.3) is 0 Å². The highest BCUT2D eigenvalue weighted by Crippen LogP contribution is 2.21. The number of benzene rings is 1. The van der Waals surface area contributed by atoms with Gasteiger partial charge in [-0.1, -0.05) is 39.0 Å². The van der Waals surface area contributed by atoms with Gasteiger partial charge in [-0.05, 0) is 42.5 Å². The van der Waals surface area contributed by atoms with E-state index in [1.54, 1.807) is 19.9 Å². The van der Waals surface area contributed by atoms with Crippen molar-refractivity contribution in [3.63, 3.8) is 0 Å². The smallest absolute Gasteiger partial charge is 0.329 e. The van der Waals surface area contributed by atoms with Crippen LogP contribution in [0.15, 0.2) is 41.0 Å². The summed E-state index contributed by atoms with van der Waals surface area (Å²) in [5.74, 6) is -1.75. The molecule has 0 bridgehead atoms. The van der Waals surface area contributed by atoms with Gasteiger partial charge in [-0.3, -0.25) is 9.59 Å². The quantitative estimate of drug-likeness (QED) is 0.680. The van der Waals surface area contributed by atoms with Gasteiger partial charge < -0.3 is 19.8 Å². The number of nitrogens with one attached hydrogen (secondary N) is 2. The van der Waals surface area contributed by atoms with Gasteiger partial charge in [0.2, 0.25) is 0 Å². The molecule has 7 heteroatoms. The molecule has 150 valence electrons. The number of aryl methyl sites for hydroxylation is 2. The summed E-state index contributed by atoms with van der Waals surface area (Å²) in [6.07, 6.45) is 2.14. The monoisotopic (exact) mass is 386 g/mol. The van der Waals surface area contributed by atoms with Gasteiger partial charge in [-0.15, -0.1) is 0 Å². The molecule has 0 aliphatic heterocycles. The molecule has 2 rings (SSSR count). The average molecular weight is 386 g/mol. The van der Waals surface area contributed by atoms with E-state index in [9.17, 15) is 14.4 Å². The van der Waals surface area contributed by atoms with Crippen LogP contribution in [0.1, 0.15) is 42.5 Å². The molecular weight excluding hydrogens is 360 g/mol. The Morgan fingerprint density at radius 2 is 1.89 bits per heavy atom. The van der Waals surface area contributed by atoms with E-state index in [4.69, 9.17) is 9.15 Å². The molecule has 0 saturated carbocycles. The first-order valence-electron chi connectivity index (χ1n) is 9.22. The highest BCUT2D eigenvalue weighted by atomic mass is 16.5. The van der Waals surface area contributed by atoms with Crippen molar-refractivity contribution in [3.05, 3.63) is 53.5 Å². The number of furan rings is 1. The second-order valence-electron chi connectivity index (χ2n) is 6.79. The Bertz CT molecular complexity index is 827. The number of anilines is 1. The van der Waals surface area contributed by atoms with Crippen LogP contribution in [0, 0.1) is 12.8 Å². The molecule has 0 aliphatic rings. The lowest BCUT2D eigenvalue weighted by Crippen LogP contribution is -2.45. The Morgan fingerprint density at radius 1 is 1.14 bits per heavy atom. The molecule has 0 saturated heterocycles. The Hall–Kier alpha value is -3.09. The molecule has 2 amide bonds. The van der Waals surface area contributed by atoms with E-state index in [1.165, 1.54) is 12.3 Å². The minimum atomic E-state index is -0.893. The second-order valence-corrected chi connectivity index (χ2v) is 6.79. The highest BCUT2D eigenvalue weighted by Gasteiger charge is 2.27. The summed E-state index contributed by atoms with van der Waals surface area (Å²) in [5.41, 5.74) is 2.67. The Labute approximate surface area is 164 Å². The number of esters is 1. The summed E-state index contributed by atoms with van der Waals surface area (Å²) in [7, 11) is 0. The van der Waals surface area contributed by atoms with Crippen LogP contribution in [-0.2, 0) is 20.7 Å². The summed E-state index contributed by atoms with van der Waals surface area (Å²) in [4.78, 5) is 36.8. The van der Waals surface area contributed by atoms with Gasteiger partial charge in [0, 0.05) is 5.69 Å². The fourth-order valence-electron chi connectivity index (χ4n) is 2.72. The standard InChI is InChI=1S/C21H26N2O5/c1-5-15-9-6-8-14(4)19(15)22-17(24)12-28-21(26)18(13(2)3)23-20(25)16-10-7-11-27-16/h6-11,13,18H,5,12H2,1-4H3,(H,22,24)(H,23,25)/t18-/m0/s1. The number of hydrogen-bond donors (Lipinski definition) is 2. The van der Waals surface area contributed by atoms with Gasteiger partial charge in [0.1, 0.15) is 6.04 Å². The van der Waals surface area contributed by atoms with Gasteiger partial charge in [-0.2, -0.15) is 0 Å². The zero-order chi connectivity index (χ0) is 20.7. The number of hydrogen-bond acceptors (Lipinski definition) is 5. The molecule has 1 aromatic carbocycles. The van der Waals surface area contributed by atoms with Crippen molar-refractivity contribution in [2.24, 2.45) is 5.92 Å². The molecule has 28 heavy (non-hydrogen) atoms. The first-order valence-corrected chi connectivity index (χ1v) is 9.22. The Balaban J connectivity index is 1.95. The predicted molar refractivity (Wildman–Crippen MR) is 105 cm³/mol. The zero-order valence-corrected chi connectivity index (χ0v) is 16.6. The molecule has 0 fully saturated rings. The van der Waals surface area contributed by atoms with E-state index in [1.807, 2.05) is 32.0 Å². The van der Waals surface area contributed by atoms with E-state index >= 15 is 0 Å². The molecule has 2 aromatic rings. The van der Waals surface area contributed by atoms with Crippen LogP contribution in [-0.4, -0.2) is 30.4 Å². The van der Waals surface area contributed by atoms with E-state index in [2.05, 4.69) is 10.6 Å². The van der Waals surface area contributed by atoms with Gasteiger partial charge in [-0.25, -0.2) is 4.79 Å². The number of para-hydroxylation sites is 1. The maximum absolute atomic E-state index is 12.4. The first kappa shape index (κ1) is 21.2. The molecule has 0 radical (unpaired) electrons. The van der Waals surface area contributed by atoms with Crippen molar-refractivity contribution in [1.82, 2.24) is 5.32 Å². The SMILES string of the molecule is CCc1cccc(C)c1NC(=O)COC(=O)[C@@H](NC(=O)c1ccco1)C(C)C. The van der Waals surface area contributed by atoms with Crippen molar-refractivity contribution < 1.29 is 23.5 Å². The van der Waals surface area contributed by atoms with E-state index in [0.717, 1.165) is 23.2 Å². The molecule has 7 nitrogen and oxygen atoms in total. The van der Waals surface area contributed by atoms with Crippen molar-refractivity contribution in [2.75, 3.05) is 11.9 Å². The third kappa shape index (κ3) is 5.45. The van der Waals surface area contributed by atoms with Gasteiger partial charge >= 0.3 is 5.97 Å². The summed E-state index contributed by atoms with van der Waals surface area (Å²) in [6.45, 7) is 7.01. The largest absolute Gasteiger partial charge is 0.459 e. The number of carbonyl (C=O) groups excluding carboxylic acids is 3. The van der Waals surface area contributed by atoms with Gasteiger partial charge in [0.15, 0.2) is 12.4 Å². The third-order valence-electron chi connectivity index (χ3n) is 4.30. The van der Waals surface area contributed by atoms with Crippen molar-refractivity contribution >= 4 is 23.5 Å². The molecule has 0 unspecified atom stereocenters. The third-order valence-corrected chi connectivity index (χ3v) is 4.30. The summed E-state index contributed by atoms with van der Waals surface area (Å²) in [6, 6.07) is 7.96. The maximum atomic E-state index is 12.4. The summed E-state index contributed by atoms with van der Waals surface area (Å²) in [5, 5.41) is 5.38. The number of ether oxygens (including phenoxy) is 1. The molecular formula is C21H26N2O5. The van der Waals surface area contributed by atoms with Crippen LogP contribution >= 0.6 is 0 Å². The van der Waals surface area contributed by atoms with E-state index in [0.29, 0.717) is 0 Å². The predicted octanol–water partition coefficient (Wildman–Crippen LogP) is 3.09. The topological polar surface area (TPSA) is 97.6 Å². The molecule has 0 spiro atoms. The van der Waals surface area contributed by atoms with Gasteiger partial charge in [0.05, 0.1) is 6.26 Å². The van der Waals surface area contributed by atoms with Crippen LogP contribution in [0.2, 0.25) is 0 Å². The lowest BCUT2D eigenvalue weighted by Gasteiger charge is -2.20. The van der Waals surface area contributed by atoms with E-state index in [-0.39, 0.29) is 11.7 Å². The average Bonchev–Trinajstić information content (AvgIpc) is 3.20. The van der Waals surface area contributed by atoms with Crippen molar-refractivity contribution in [2.45, 2.75) is 40.2 Å². The number of carbonyl (C=O) groups is 3. The van der Waals surface area contributed by atoms with Crippen LogP contribution < -0.4 is 10.6 Å². The van der Waals surface area contributed by atoms with Crippen LogP contribution in [0.4, 0.5) is 5.69 Å². The van der Waals surface area contributed by atoms with Crippen molar-refractivity contribution in [3.8, 4) is 0 Å². The van der Waals surface area contributed by atoms with Crippen LogP contribution in [0.5, 0.6) is 0 Å². The zero-order valence-electron chi connectivity index (χ0n) is 16.6. The normalized spacial score (nSPS) is 11.8. The van der Waals surface area contributed by atoms with E-state index < -0.39 is 30.4 Å². The second kappa shape index (κ2) is 9.73. The summed E-state index contributed by atoms with van der Waals surface area (Å²) < 4.78 is 10.2. The van der Waals surface area contributed by atoms with Crippen LogP contribution in [0.3, 0.4) is 0 Å². The highest BCUT2D eigenvalue weighted by molar-refractivity contribution is 5.96. The lowest BCUT2D eigenvalue weighted by atomic mass is 10.0. The summed E-state index contributed by atoms with van der Waals surface area (Å²) >= 11 is 0. The molecule has 1 atom stereocenters. The minimum Gasteiger partial charge on any atom is -0.459 e. The molecule has 1 heterocycles. The first-order chi connectivity index (χ1) is 13.3. The minimum absolute atomic E-state index is 0.0999. The maximum Gasteiger partial charge on any atom is 0.329 e. The fraction of sp³-hybridized carbons (Fsp3) is 0.381. The molecule has 0 aliphatic carbocycles. The number of rotatable bonds is 8. The van der Waals surface area contributed by atoms with Gasteiger partial charge in [0.25, 0.3) is 11.8 Å². The lowest BCUT2D eigenvalue weighted by molar-refractivity contribution is -0.150. The fourth-order valence-corrected chi connectivity index (χ4v) is 2.72. The number of amides is 2. The van der Waals surface area contributed by atoms with Crippen molar-refractivity contribution in [1.29, 1.82) is 0 Å². The Morgan fingerprint density at radius 3 is 2.50 bits per heavy atom. The molecule has 2 N–H and O–H groups in total. The molecule has 1 aromatic heterocycles. The Kier molecular flexibility index (Phi) is 7.37.